The summed E-state index contributed by atoms with van der Waals surface area (Å²) in [6.45, 7) is -0.597. The van der Waals surface area contributed by atoms with Crippen LogP contribution < -0.4 is 0 Å². The van der Waals surface area contributed by atoms with Gasteiger partial charge in [0.1, 0.15) is 12.2 Å². The Bertz CT molecular complexity index is 482. The van der Waals surface area contributed by atoms with Crippen molar-refractivity contribution in [1.29, 1.82) is 0 Å². The molecule has 2 rings (SSSR count). The fraction of sp³-hybridized carbons (Fsp3) is 0.250. The summed E-state index contributed by atoms with van der Waals surface area (Å²) in [7, 11) is 0. The molecule has 0 saturated carbocycles. The van der Waals surface area contributed by atoms with Crippen molar-refractivity contribution in [2.45, 2.75) is 12.2 Å². The number of aliphatic hydroxyl groups is 4. The normalized spacial score (nSPS) is 14.0. The van der Waals surface area contributed by atoms with Crippen molar-refractivity contribution in [1.82, 2.24) is 0 Å². The van der Waals surface area contributed by atoms with Crippen LogP contribution in [0.5, 0.6) is 0 Å². The Kier molecular flexibility index (Phi) is 4.87. The summed E-state index contributed by atoms with van der Waals surface area (Å²) in [6, 6.07) is 14.5. The van der Waals surface area contributed by atoms with E-state index in [0.29, 0.717) is 11.1 Å². The summed E-state index contributed by atoms with van der Waals surface area (Å²) in [5.41, 5.74) is 3.29. The standard InChI is InChI=1S/C16H18O4/c17-9-15(19)13-5-1-11(2-6-13)12-3-7-14(8-4-12)16(20)10-18/h1-8,15-20H,9-10H2. The van der Waals surface area contributed by atoms with E-state index in [1.54, 1.807) is 24.3 Å². The van der Waals surface area contributed by atoms with Gasteiger partial charge >= 0.3 is 0 Å². The van der Waals surface area contributed by atoms with Crippen molar-refractivity contribution < 1.29 is 20.4 Å². The number of aliphatic hydroxyl groups excluding tert-OH is 4. The molecule has 0 aliphatic heterocycles. The van der Waals surface area contributed by atoms with Crippen LogP contribution in [0.1, 0.15) is 23.3 Å². The molecule has 4 heteroatoms. The first-order chi connectivity index (χ1) is 9.65. The van der Waals surface area contributed by atoms with E-state index in [9.17, 15) is 10.2 Å². The molecular weight excluding hydrogens is 256 g/mol. The first-order valence-corrected chi connectivity index (χ1v) is 6.44. The lowest BCUT2D eigenvalue weighted by molar-refractivity contribution is 0.0956. The van der Waals surface area contributed by atoms with Crippen LogP contribution in [0.4, 0.5) is 0 Å². The monoisotopic (exact) mass is 274 g/mol. The third-order valence-electron chi connectivity index (χ3n) is 3.27. The van der Waals surface area contributed by atoms with E-state index in [2.05, 4.69) is 0 Å². The van der Waals surface area contributed by atoms with Gasteiger partial charge in [0.2, 0.25) is 0 Å². The highest BCUT2D eigenvalue weighted by Gasteiger charge is 2.07. The zero-order valence-electron chi connectivity index (χ0n) is 11.0. The second-order valence-electron chi connectivity index (χ2n) is 4.64. The molecule has 0 bridgehead atoms. The van der Waals surface area contributed by atoms with E-state index in [-0.39, 0.29) is 13.2 Å². The van der Waals surface area contributed by atoms with Crippen molar-refractivity contribution in [3.63, 3.8) is 0 Å². The first-order valence-electron chi connectivity index (χ1n) is 6.44. The molecule has 0 fully saturated rings. The van der Waals surface area contributed by atoms with Gasteiger partial charge in [-0.1, -0.05) is 48.5 Å². The van der Waals surface area contributed by atoms with Crippen LogP contribution in [0.15, 0.2) is 48.5 Å². The van der Waals surface area contributed by atoms with Gasteiger partial charge < -0.3 is 20.4 Å². The molecular formula is C16H18O4. The Labute approximate surface area is 117 Å². The predicted octanol–water partition coefficient (Wildman–Crippen LogP) is 1.40. The summed E-state index contributed by atoms with van der Waals surface area (Å²) in [4.78, 5) is 0. The predicted molar refractivity (Wildman–Crippen MR) is 76.0 cm³/mol. The van der Waals surface area contributed by atoms with E-state index in [1.165, 1.54) is 0 Å². The van der Waals surface area contributed by atoms with Crippen molar-refractivity contribution in [2.75, 3.05) is 13.2 Å². The molecule has 2 aromatic carbocycles. The van der Waals surface area contributed by atoms with Crippen molar-refractivity contribution >= 4 is 0 Å². The van der Waals surface area contributed by atoms with E-state index in [1.807, 2.05) is 24.3 Å². The second kappa shape index (κ2) is 6.63. The third kappa shape index (κ3) is 3.23. The van der Waals surface area contributed by atoms with Crippen LogP contribution in [0.25, 0.3) is 11.1 Å². The van der Waals surface area contributed by atoms with Crippen LogP contribution in [-0.4, -0.2) is 33.6 Å². The molecule has 0 aromatic heterocycles. The smallest absolute Gasteiger partial charge is 0.102 e. The van der Waals surface area contributed by atoms with Crippen molar-refractivity contribution in [2.24, 2.45) is 0 Å². The molecule has 0 spiro atoms. The summed E-state index contributed by atoms with van der Waals surface area (Å²) < 4.78 is 0. The molecule has 106 valence electrons. The first kappa shape index (κ1) is 14.7. The molecule has 2 aromatic rings. The van der Waals surface area contributed by atoms with Gasteiger partial charge in [0.05, 0.1) is 13.2 Å². The minimum Gasteiger partial charge on any atom is -0.393 e. The fourth-order valence-electron chi connectivity index (χ4n) is 2.01. The zero-order valence-corrected chi connectivity index (χ0v) is 11.0. The lowest BCUT2D eigenvalue weighted by Crippen LogP contribution is -2.02. The van der Waals surface area contributed by atoms with Gasteiger partial charge in [-0.05, 0) is 22.3 Å². The van der Waals surface area contributed by atoms with Crippen LogP contribution in [0, 0.1) is 0 Å². The summed E-state index contributed by atoms with van der Waals surface area (Å²) in [5.74, 6) is 0. The molecule has 0 saturated heterocycles. The van der Waals surface area contributed by atoms with Gasteiger partial charge in [0, 0.05) is 0 Å². The molecule has 0 aliphatic carbocycles. The largest absolute Gasteiger partial charge is 0.393 e. The topological polar surface area (TPSA) is 80.9 Å². The minimum absolute atomic E-state index is 0.299. The highest BCUT2D eigenvalue weighted by molar-refractivity contribution is 5.64. The average Bonchev–Trinajstić information content (AvgIpc) is 2.53. The maximum atomic E-state index is 9.51. The zero-order chi connectivity index (χ0) is 14.5. The Morgan fingerprint density at radius 2 is 0.900 bits per heavy atom. The van der Waals surface area contributed by atoms with Crippen LogP contribution in [0.3, 0.4) is 0 Å². The Hall–Kier alpha value is -1.72. The molecule has 0 radical (unpaired) electrons. The van der Waals surface area contributed by atoms with Gasteiger partial charge in [-0.2, -0.15) is 0 Å². The van der Waals surface area contributed by atoms with E-state index in [4.69, 9.17) is 10.2 Å². The number of benzene rings is 2. The Morgan fingerprint density at radius 1 is 0.600 bits per heavy atom. The molecule has 4 N–H and O–H groups in total. The summed E-state index contributed by atoms with van der Waals surface area (Å²) in [5, 5.41) is 36.8. The highest BCUT2D eigenvalue weighted by atomic mass is 16.3. The molecule has 4 nitrogen and oxygen atoms in total. The lowest BCUT2D eigenvalue weighted by Gasteiger charge is -2.10. The SMILES string of the molecule is OCC(O)c1ccc(-c2ccc(C(O)CO)cc2)cc1. The number of rotatable bonds is 5. The van der Waals surface area contributed by atoms with Gasteiger partial charge in [-0.3, -0.25) is 0 Å². The fourth-order valence-corrected chi connectivity index (χ4v) is 2.01. The number of hydrogen-bond acceptors (Lipinski definition) is 4. The van der Waals surface area contributed by atoms with Crippen LogP contribution in [0.2, 0.25) is 0 Å². The maximum Gasteiger partial charge on any atom is 0.102 e. The van der Waals surface area contributed by atoms with Crippen molar-refractivity contribution in [3.8, 4) is 11.1 Å². The Morgan fingerprint density at radius 3 is 1.15 bits per heavy atom. The molecule has 2 atom stereocenters. The molecule has 0 heterocycles. The second-order valence-corrected chi connectivity index (χ2v) is 4.64. The maximum absolute atomic E-state index is 9.51. The highest BCUT2D eigenvalue weighted by Crippen LogP contribution is 2.23. The summed E-state index contributed by atoms with van der Waals surface area (Å²) in [6.07, 6.45) is -1.71. The average molecular weight is 274 g/mol. The quantitative estimate of drug-likeness (QED) is 0.664. The summed E-state index contributed by atoms with van der Waals surface area (Å²) >= 11 is 0. The van der Waals surface area contributed by atoms with E-state index >= 15 is 0 Å². The minimum atomic E-state index is -0.855. The molecule has 0 aliphatic rings. The molecule has 20 heavy (non-hydrogen) atoms. The van der Waals surface area contributed by atoms with Gasteiger partial charge in [-0.15, -0.1) is 0 Å². The van der Waals surface area contributed by atoms with E-state index < -0.39 is 12.2 Å². The molecule has 0 amide bonds. The van der Waals surface area contributed by atoms with Crippen molar-refractivity contribution in [3.05, 3.63) is 59.7 Å². The van der Waals surface area contributed by atoms with Gasteiger partial charge in [0.25, 0.3) is 0 Å². The van der Waals surface area contributed by atoms with Gasteiger partial charge in [-0.25, -0.2) is 0 Å². The Balaban J connectivity index is 2.19. The number of hydrogen-bond donors (Lipinski definition) is 4. The van der Waals surface area contributed by atoms with Gasteiger partial charge in [0.15, 0.2) is 0 Å². The third-order valence-corrected chi connectivity index (χ3v) is 3.27. The lowest BCUT2D eigenvalue weighted by atomic mass is 10.00. The van der Waals surface area contributed by atoms with E-state index in [0.717, 1.165) is 11.1 Å². The van der Waals surface area contributed by atoms with Crippen LogP contribution >= 0.6 is 0 Å². The van der Waals surface area contributed by atoms with Crippen LogP contribution in [-0.2, 0) is 0 Å². The molecule has 2 unspecified atom stereocenters.